The van der Waals surface area contributed by atoms with Gasteiger partial charge in [-0.05, 0) is 0 Å². The number of aliphatic hydroxyl groups is 1. The zero-order valence-corrected chi connectivity index (χ0v) is 43.9. The average molecular weight is 1040 g/mol. The molecule has 0 aromatic carbocycles. The second-order valence-electron chi connectivity index (χ2n) is 21.6. The van der Waals surface area contributed by atoms with Gasteiger partial charge in [-0.3, -0.25) is 4.79 Å². The molecule has 10 unspecified atom stereocenters. The van der Waals surface area contributed by atoms with Gasteiger partial charge < -0.3 is 5.73 Å². The summed E-state index contributed by atoms with van der Waals surface area (Å²) in [6, 6.07) is -1.16. The molecule has 5 rings (SSSR count). The summed E-state index contributed by atoms with van der Waals surface area (Å²) < 4.78 is 1.70. The molecule has 0 spiro atoms. The quantitative estimate of drug-likeness (QED) is 0.0821. The van der Waals surface area contributed by atoms with E-state index in [2.05, 4.69) is 15.3 Å². The molecule has 0 aromatic heterocycles. The van der Waals surface area contributed by atoms with Crippen molar-refractivity contribution in [3.63, 3.8) is 0 Å². The van der Waals surface area contributed by atoms with Gasteiger partial charge >= 0.3 is 416 Å². The number of nitriles is 2. The summed E-state index contributed by atoms with van der Waals surface area (Å²) >= 11 is -2.51. The molecule has 22 heteroatoms. The first-order chi connectivity index (χ1) is 33.4. The van der Waals surface area contributed by atoms with Crippen molar-refractivity contribution < 1.29 is 52.5 Å². The Labute approximate surface area is 425 Å². The van der Waals surface area contributed by atoms with Crippen LogP contribution < -0.4 is 39.7 Å². The molecule has 72 heavy (non-hydrogen) atoms. The van der Waals surface area contributed by atoms with Crippen LogP contribution >= 0.6 is 0 Å². The van der Waals surface area contributed by atoms with Crippen LogP contribution in [0, 0.1) is 65.9 Å². The first-order valence-electron chi connectivity index (χ1n) is 24.1. The van der Waals surface area contributed by atoms with E-state index in [0.717, 1.165) is 0 Å². The van der Waals surface area contributed by atoms with E-state index in [1.54, 1.807) is 31.6 Å². The van der Waals surface area contributed by atoms with Crippen molar-refractivity contribution in [2.24, 2.45) is 94.7 Å². The standard InChI is InChI=1S/C48H73N11O8.2CN.Co/c1-23(60)22-55-38(67)16-17-45(6)29(18-35(52)64)43-48(9)47(8,21-37(54)66)28(12-15-34(51)63)40(59-48)25(3)42-46(7,20-36(53)65)26(10-13-32(49)61)30(56-42)19-31-44(4,5)27(11-14-33(50)62)39(57-31)24(2)41(45)58-43;2*1-2;/h19,23,26-29,43,60H,10-18,20-22H2,1-9H3,(H14,49,50,51,52,53,54,55,56,57,58,59,61,62,63,64,65,66,67);;;/q;;;+1/p-1. The number of carbonyl (C=O) groups is 7. The molecular formula is C50H72CoN13O8. The van der Waals surface area contributed by atoms with Crippen LogP contribution in [0.3, 0.4) is 0 Å². The van der Waals surface area contributed by atoms with Crippen LogP contribution in [0.25, 0.3) is 0 Å². The van der Waals surface area contributed by atoms with Crippen LogP contribution in [0.1, 0.15) is 133 Å². The van der Waals surface area contributed by atoms with Gasteiger partial charge in [0.05, 0.1) is 0 Å². The van der Waals surface area contributed by atoms with E-state index in [4.69, 9.17) is 49.4 Å². The molecule has 10 atom stereocenters. The Morgan fingerprint density at radius 3 is 1.78 bits per heavy atom. The number of aliphatic imine (C=N–C) groups is 3. The Balaban J connectivity index is 2.12. The van der Waals surface area contributed by atoms with Crippen LogP contribution in [0.15, 0.2) is 49.3 Å². The number of nitrogens with zero attached hydrogens (tertiary/aromatic N) is 6. The number of nitrogens with two attached hydrogens (primary N) is 6. The number of hydrogen-bond donors (Lipinski definition) is 8. The summed E-state index contributed by atoms with van der Waals surface area (Å²) in [7, 11) is 0. The minimum absolute atomic E-state index is 0.00156. The maximum absolute atomic E-state index is 13.8. The average Bonchev–Trinajstić information content (AvgIpc) is 3.85. The van der Waals surface area contributed by atoms with Gasteiger partial charge in [0.15, 0.2) is 0 Å². The number of hydrogen-bond acceptors (Lipinski definition) is 14. The van der Waals surface area contributed by atoms with Gasteiger partial charge in [-0.1, -0.05) is 0 Å². The topological polar surface area (TPSA) is 396 Å². The van der Waals surface area contributed by atoms with Gasteiger partial charge in [-0.2, -0.15) is 0 Å². The number of allylic oxidation sites excluding steroid dienone is 6. The van der Waals surface area contributed by atoms with Crippen LogP contribution in [0.4, 0.5) is 0 Å². The fourth-order valence-corrected chi connectivity index (χ4v) is 14.4. The van der Waals surface area contributed by atoms with Crippen molar-refractivity contribution in [1.29, 1.82) is 10.5 Å². The van der Waals surface area contributed by atoms with Gasteiger partial charge in [0.25, 0.3) is 0 Å². The van der Waals surface area contributed by atoms with Crippen molar-refractivity contribution >= 4 is 58.5 Å². The van der Waals surface area contributed by atoms with Crippen molar-refractivity contribution in [3.8, 4) is 10.0 Å². The zero-order valence-electron chi connectivity index (χ0n) is 42.8. The number of rotatable bonds is 21. The number of carbonyl (C=O) groups excluding carboxylic acids is 7. The van der Waals surface area contributed by atoms with Gasteiger partial charge in [0.2, 0.25) is 0 Å². The summed E-state index contributed by atoms with van der Waals surface area (Å²) in [5.74, 6) is -7.52. The van der Waals surface area contributed by atoms with Gasteiger partial charge in [-0.25, -0.2) is 0 Å². The van der Waals surface area contributed by atoms with E-state index >= 15 is 0 Å². The molecule has 0 radical (unpaired) electrons. The fourth-order valence-electron chi connectivity index (χ4n) is 12.7. The third-order valence-corrected chi connectivity index (χ3v) is 17.9. The second-order valence-corrected chi connectivity index (χ2v) is 23.3. The first-order valence-corrected chi connectivity index (χ1v) is 25.7. The van der Waals surface area contributed by atoms with Crippen LogP contribution in [0.5, 0.6) is 0 Å². The number of fused-ring (bicyclic) bond motifs is 6. The molecule has 21 nitrogen and oxygen atoms in total. The normalized spacial score (nSPS) is 33.6. The molecule has 14 N–H and O–H groups in total. The van der Waals surface area contributed by atoms with E-state index < -0.39 is 118 Å². The Morgan fingerprint density at radius 2 is 1.28 bits per heavy atom. The zero-order chi connectivity index (χ0) is 54.2. The van der Waals surface area contributed by atoms with Gasteiger partial charge in [0, 0.05) is 0 Å². The van der Waals surface area contributed by atoms with E-state index in [0.29, 0.717) is 45.4 Å². The molecule has 1 saturated heterocycles. The Bertz CT molecular complexity index is 2590. The van der Waals surface area contributed by atoms with E-state index in [-0.39, 0.29) is 77.2 Å². The molecule has 5 heterocycles. The van der Waals surface area contributed by atoms with Crippen LogP contribution in [0.2, 0.25) is 0 Å². The monoisotopic (exact) mass is 1040 g/mol. The number of aliphatic hydroxyl groups excluding tert-OH is 1. The Hall–Kier alpha value is -6.23. The van der Waals surface area contributed by atoms with Crippen molar-refractivity contribution in [3.05, 3.63) is 34.3 Å². The Morgan fingerprint density at radius 1 is 0.736 bits per heavy atom. The summed E-state index contributed by atoms with van der Waals surface area (Å²) in [5.41, 5.74) is 32.9. The molecule has 8 bridgehead atoms. The van der Waals surface area contributed by atoms with Crippen LogP contribution in [-0.4, -0.2) is 91.8 Å². The van der Waals surface area contributed by atoms with Crippen molar-refractivity contribution in [2.75, 3.05) is 6.54 Å². The van der Waals surface area contributed by atoms with Gasteiger partial charge in [-0.15, -0.1) is 0 Å². The maximum atomic E-state index is 13.8. The second kappa shape index (κ2) is 21.1. The van der Waals surface area contributed by atoms with E-state index in [9.17, 15) is 49.2 Å². The predicted molar refractivity (Wildman–Crippen MR) is 264 cm³/mol. The van der Waals surface area contributed by atoms with E-state index in [1.165, 1.54) is 6.92 Å². The number of primary amides is 6. The molecule has 0 aromatic rings. The first kappa shape index (κ1) is 56.7. The van der Waals surface area contributed by atoms with Crippen molar-refractivity contribution in [2.45, 2.75) is 151 Å². The third-order valence-electron chi connectivity index (χ3n) is 16.4. The van der Waals surface area contributed by atoms with Gasteiger partial charge in [0.1, 0.15) is 0 Å². The summed E-state index contributed by atoms with van der Waals surface area (Å²) in [4.78, 5) is 109. The molecule has 7 amide bonds. The summed E-state index contributed by atoms with van der Waals surface area (Å²) in [6.07, 6.45) is -0.238. The molecule has 5 aliphatic heterocycles. The molecule has 5 aliphatic rings. The number of amides is 7. The van der Waals surface area contributed by atoms with Crippen molar-refractivity contribution in [1.82, 2.24) is 9.27 Å². The Kier molecular flexibility index (Phi) is 16.6. The molecule has 394 valence electrons. The molecule has 0 aliphatic carbocycles. The minimum atomic E-state index is -2.51. The fraction of sp³-hybridized carbons (Fsp3) is 0.640. The predicted octanol–water partition coefficient (Wildman–Crippen LogP) is 1.94. The van der Waals surface area contributed by atoms with Crippen LogP contribution in [-0.2, 0) is 47.4 Å². The summed E-state index contributed by atoms with van der Waals surface area (Å²) in [6.45, 7) is 16.1. The molecular weight excluding hydrogens is 970 g/mol. The number of nitrogens with one attached hydrogen (secondary N) is 1. The third kappa shape index (κ3) is 10.4. The van der Waals surface area contributed by atoms with E-state index in [1.807, 2.05) is 33.8 Å². The SMILES string of the molecule is C/C1=C2N=C(/C=C3N=C(/C(C)=C4\[N]([Co]([C]#N)[C]#N)C(C(CC(N)=O)C4(C)CCC(=O)NCC(C)O)C4(C)N=C1C(CCC(N)=O)C4(C)CC(N)=O)C(CCC(N)=O)C\3(C)C)C(CCC(N)=O)C/2(C)CC(N)=O. The summed E-state index contributed by atoms with van der Waals surface area (Å²) in [5, 5.41) is 39.6. The molecule has 0 saturated carbocycles. The molecule has 1 fully saturated rings.